The van der Waals surface area contributed by atoms with Crippen LogP contribution in [0.15, 0.2) is 30.3 Å². The van der Waals surface area contributed by atoms with Crippen molar-refractivity contribution in [2.45, 2.75) is 6.92 Å². The Balaban J connectivity index is 2.26. The zero-order chi connectivity index (χ0) is 13.8. The number of rotatable bonds is 5. The fourth-order valence-electron chi connectivity index (χ4n) is 1.66. The van der Waals surface area contributed by atoms with Gasteiger partial charge in [-0.2, -0.15) is 0 Å². The molecule has 0 saturated carbocycles. The summed E-state index contributed by atoms with van der Waals surface area (Å²) in [5.41, 5.74) is 1.66. The number of methoxy groups -OCH3 is 1. The highest BCUT2D eigenvalue weighted by Crippen LogP contribution is 2.20. The van der Waals surface area contributed by atoms with Gasteiger partial charge in [0.25, 0.3) is 0 Å². The maximum absolute atomic E-state index is 10.4. The fraction of sp³-hybridized carbons (Fsp3) is 0.231. The molecule has 2 rings (SSSR count). The van der Waals surface area contributed by atoms with Gasteiger partial charge in [-0.25, -0.2) is 9.48 Å². The van der Waals surface area contributed by atoms with Gasteiger partial charge in [0.15, 0.2) is 6.61 Å². The van der Waals surface area contributed by atoms with E-state index in [4.69, 9.17) is 14.6 Å². The highest BCUT2D eigenvalue weighted by molar-refractivity contribution is 5.68. The third kappa shape index (κ3) is 3.04. The van der Waals surface area contributed by atoms with Gasteiger partial charge in [0.2, 0.25) is 5.88 Å². The van der Waals surface area contributed by atoms with Gasteiger partial charge in [0, 0.05) is 17.8 Å². The highest BCUT2D eigenvalue weighted by Gasteiger charge is 2.09. The lowest BCUT2D eigenvalue weighted by molar-refractivity contribution is -0.139. The first kappa shape index (κ1) is 12.9. The summed E-state index contributed by atoms with van der Waals surface area (Å²) < 4.78 is 11.9. The first-order chi connectivity index (χ1) is 9.10. The van der Waals surface area contributed by atoms with Crippen molar-refractivity contribution in [3.8, 4) is 17.3 Å². The quantitative estimate of drug-likeness (QED) is 0.887. The molecular formula is C13H14N2O4. The second kappa shape index (κ2) is 5.43. The van der Waals surface area contributed by atoms with E-state index in [0.717, 1.165) is 17.1 Å². The summed E-state index contributed by atoms with van der Waals surface area (Å²) in [4.78, 5) is 10.4. The molecule has 2 aromatic rings. The number of aliphatic carboxylic acids is 1. The number of benzene rings is 1. The number of aryl methyl sites for hydroxylation is 1. The van der Waals surface area contributed by atoms with Crippen LogP contribution in [0.5, 0.6) is 11.6 Å². The van der Waals surface area contributed by atoms with Gasteiger partial charge in [0.1, 0.15) is 5.75 Å². The third-order valence-corrected chi connectivity index (χ3v) is 2.51. The number of carboxylic acid groups (broad SMARTS) is 1. The van der Waals surface area contributed by atoms with Crippen molar-refractivity contribution >= 4 is 5.97 Å². The van der Waals surface area contributed by atoms with Gasteiger partial charge in [-0.1, -0.05) is 6.07 Å². The summed E-state index contributed by atoms with van der Waals surface area (Å²) in [6.07, 6.45) is 0. The molecule has 0 atom stereocenters. The highest BCUT2D eigenvalue weighted by atomic mass is 16.5. The number of hydrogen-bond donors (Lipinski definition) is 1. The molecule has 1 aromatic carbocycles. The molecule has 0 spiro atoms. The van der Waals surface area contributed by atoms with Crippen LogP contribution in [0, 0.1) is 6.92 Å². The minimum atomic E-state index is -1.03. The molecule has 0 saturated heterocycles. The second-order valence-electron chi connectivity index (χ2n) is 3.92. The van der Waals surface area contributed by atoms with Gasteiger partial charge in [0.05, 0.1) is 12.8 Å². The van der Waals surface area contributed by atoms with Crippen LogP contribution in [0.2, 0.25) is 0 Å². The van der Waals surface area contributed by atoms with Crippen LogP contribution in [0.1, 0.15) is 5.69 Å². The summed E-state index contributed by atoms with van der Waals surface area (Å²) >= 11 is 0. The van der Waals surface area contributed by atoms with Crippen molar-refractivity contribution in [3.05, 3.63) is 36.0 Å². The number of hydrogen-bond acceptors (Lipinski definition) is 4. The minimum absolute atomic E-state index is 0.280. The van der Waals surface area contributed by atoms with E-state index >= 15 is 0 Å². The molecule has 0 aliphatic heterocycles. The van der Waals surface area contributed by atoms with Crippen LogP contribution in [-0.2, 0) is 4.79 Å². The van der Waals surface area contributed by atoms with Crippen LogP contribution in [0.4, 0.5) is 0 Å². The van der Waals surface area contributed by atoms with Gasteiger partial charge in [-0.3, -0.25) is 0 Å². The lowest BCUT2D eigenvalue weighted by Crippen LogP contribution is -2.10. The molecule has 0 aliphatic carbocycles. The van der Waals surface area contributed by atoms with Crippen molar-refractivity contribution in [2.24, 2.45) is 0 Å². The van der Waals surface area contributed by atoms with Gasteiger partial charge in [-0.05, 0) is 19.1 Å². The molecule has 0 radical (unpaired) electrons. The summed E-state index contributed by atoms with van der Waals surface area (Å²) in [6.45, 7) is 1.45. The molecule has 1 N–H and O–H groups in total. The zero-order valence-electron chi connectivity index (χ0n) is 10.7. The topological polar surface area (TPSA) is 73.6 Å². The van der Waals surface area contributed by atoms with Crippen molar-refractivity contribution in [1.29, 1.82) is 0 Å². The predicted octanol–water partition coefficient (Wildman–Crippen LogP) is 1.65. The summed E-state index contributed by atoms with van der Waals surface area (Å²) in [5.74, 6) is -0.0308. The Morgan fingerprint density at radius 2 is 2.21 bits per heavy atom. The molecule has 0 aliphatic rings. The van der Waals surface area contributed by atoms with E-state index < -0.39 is 12.6 Å². The summed E-state index contributed by atoms with van der Waals surface area (Å²) in [6, 6.07) is 9.09. The van der Waals surface area contributed by atoms with E-state index in [1.54, 1.807) is 17.9 Å². The maximum Gasteiger partial charge on any atom is 0.341 e. The van der Waals surface area contributed by atoms with Crippen LogP contribution in [0.25, 0.3) is 5.69 Å². The van der Waals surface area contributed by atoms with Crippen LogP contribution < -0.4 is 9.47 Å². The van der Waals surface area contributed by atoms with Crippen LogP contribution in [-0.4, -0.2) is 34.6 Å². The molecule has 0 unspecified atom stereocenters. The van der Waals surface area contributed by atoms with Crippen LogP contribution >= 0.6 is 0 Å². The smallest absolute Gasteiger partial charge is 0.341 e. The number of nitrogens with zero attached hydrogens (tertiary/aromatic N) is 2. The van der Waals surface area contributed by atoms with E-state index in [1.807, 2.05) is 31.2 Å². The number of carbonyl (C=O) groups is 1. The molecule has 0 amide bonds. The zero-order valence-corrected chi connectivity index (χ0v) is 10.7. The Hall–Kier alpha value is -2.50. The Morgan fingerprint density at radius 3 is 2.89 bits per heavy atom. The number of aromatic nitrogens is 2. The lowest BCUT2D eigenvalue weighted by atomic mass is 10.3. The molecule has 1 aromatic heterocycles. The van der Waals surface area contributed by atoms with E-state index in [1.165, 1.54) is 0 Å². The van der Waals surface area contributed by atoms with Crippen molar-refractivity contribution in [2.75, 3.05) is 13.7 Å². The van der Waals surface area contributed by atoms with Gasteiger partial charge in [-0.15, -0.1) is 5.10 Å². The second-order valence-corrected chi connectivity index (χ2v) is 3.92. The third-order valence-electron chi connectivity index (χ3n) is 2.51. The van der Waals surface area contributed by atoms with Crippen LogP contribution in [0.3, 0.4) is 0 Å². The molecular weight excluding hydrogens is 248 g/mol. The molecule has 0 fully saturated rings. The Bertz CT molecular complexity index is 592. The molecule has 6 heteroatoms. The van der Waals surface area contributed by atoms with Gasteiger partial charge >= 0.3 is 5.97 Å². The Kier molecular flexibility index (Phi) is 3.70. The summed E-state index contributed by atoms with van der Waals surface area (Å²) in [5, 5.41) is 12.8. The largest absolute Gasteiger partial charge is 0.497 e. The van der Waals surface area contributed by atoms with Crippen molar-refractivity contribution in [3.63, 3.8) is 0 Å². The molecule has 6 nitrogen and oxygen atoms in total. The summed E-state index contributed by atoms with van der Waals surface area (Å²) in [7, 11) is 1.59. The average Bonchev–Trinajstić information content (AvgIpc) is 2.78. The van der Waals surface area contributed by atoms with E-state index in [9.17, 15) is 4.79 Å². The van der Waals surface area contributed by atoms with Crippen molar-refractivity contribution < 1.29 is 19.4 Å². The molecule has 100 valence electrons. The van der Waals surface area contributed by atoms with E-state index in [2.05, 4.69) is 5.10 Å². The van der Waals surface area contributed by atoms with E-state index in [-0.39, 0.29) is 5.88 Å². The first-order valence-electron chi connectivity index (χ1n) is 5.66. The van der Waals surface area contributed by atoms with Crippen molar-refractivity contribution in [1.82, 2.24) is 9.78 Å². The predicted molar refractivity (Wildman–Crippen MR) is 68.0 cm³/mol. The lowest BCUT2D eigenvalue weighted by Gasteiger charge is -2.06. The molecule has 0 bridgehead atoms. The monoisotopic (exact) mass is 262 g/mol. The molecule has 19 heavy (non-hydrogen) atoms. The maximum atomic E-state index is 10.4. The minimum Gasteiger partial charge on any atom is -0.497 e. The normalized spacial score (nSPS) is 10.2. The Morgan fingerprint density at radius 1 is 1.42 bits per heavy atom. The van der Waals surface area contributed by atoms with E-state index in [0.29, 0.717) is 0 Å². The standard InChI is InChI=1S/C13H14N2O4/c1-9-6-12(19-8-13(16)17)14-15(9)10-4-3-5-11(7-10)18-2/h3-7H,8H2,1-2H3,(H,16,17). The SMILES string of the molecule is COc1cccc(-n2nc(OCC(=O)O)cc2C)c1. The first-order valence-corrected chi connectivity index (χ1v) is 5.66. The number of ether oxygens (including phenoxy) is 2. The molecule has 1 heterocycles. The van der Waals surface area contributed by atoms with Gasteiger partial charge < -0.3 is 14.6 Å². The number of carboxylic acids is 1. The fourth-order valence-corrected chi connectivity index (χ4v) is 1.66. The Labute approximate surface area is 110 Å². The average molecular weight is 262 g/mol.